The lowest BCUT2D eigenvalue weighted by Gasteiger charge is -2.46. The third kappa shape index (κ3) is 5.34. The van der Waals surface area contributed by atoms with Crippen LogP contribution in [0, 0.1) is 0 Å². The Balaban J connectivity index is 1.50. The number of nitrogens with one attached hydrogen (secondary N) is 1. The Morgan fingerprint density at radius 1 is 0.818 bits per heavy atom. The smallest absolute Gasteiger partial charge is 0.270 e. The molecule has 1 aliphatic rings. The molecule has 4 rings (SSSR count). The van der Waals surface area contributed by atoms with Gasteiger partial charge in [0.25, 0.3) is 5.91 Å². The van der Waals surface area contributed by atoms with Crippen LogP contribution in [0.2, 0.25) is 5.02 Å². The standard InChI is InChI=1S/C26H27ClN2O4/c1-3-31-21-13-7-19(8-14-21)28-17-24-25(33-23-11-5-18(27)6-12-23)26(30)29(24)20-9-15-22(16-10-20)32-4-2/h5-16,24-25,28H,3-4,17H2,1-2H3/t24-,25+/m0/s1. The molecule has 172 valence electrons. The minimum Gasteiger partial charge on any atom is -0.494 e. The molecule has 0 saturated carbocycles. The number of ether oxygens (including phenoxy) is 3. The summed E-state index contributed by atoms with van der Waals surface area (Å²) in [5.74, 6) is 2.11. The molecule has 0 aromatic heterocycles. The first-order valence-electron chi connectivity index (χ1n) is 11.0. The van der Waals surface area contributed by atoms with Crippen molar-refractivity contribution in [3.63, 3.8) is 0 Å². The van der Waals surface area contributed by atoms with Crippen LogP contribution in [0.25, 0.3) is 0 Å². The molecule has 3 aromatic carbocycles. The van der Waals surface area contributed by atoms with Gasteiger partial charge in [0, 0.05) is 22.9 Å². The SMILES string of the molecule is CCOc1ccc(NC[C@H]2[C@@H](Oc3ccc(Cl)cc3)C(=O)N2c2ccc(OCC)cc2)cc1. The summed E-state index contributed by atoms with van der Waals surface area (Å²) >= 11 is 5.98. The van der Waals surface area contributed by atoms with Gasteiger partial charge in [-0.25, -0.2) is 0 Å². The van der Waals surface area contributed by atoms with Gasteiger partial charge >= 0.3 is 0 Å². The summed E-state index contributed by atoms with van der Waals surface area (Å²) in [6, 6.07) is 22.1. The number of carbonyl (C=O) groups excluding carboxylic acids is 1. The van der Waals surface area contributed by atoms with E-state index in [4.69, 9.17) is 25.8 Å². The van der Waals surface area contributed by atoms with Crippen molar-refractivity contribution in [3.05, 3.63) is 77.8 Å². The van der Waals surface area contributed by atoms with Crippen LogP contribution in [0.1, 0.15) is 13.8 Å². The number of hydrogen-bond acceptors (Lipinski definition) is 5. The monoisotopic (exact) mass is 466 g/mol. The quantitative estimate of drug-likeness (QED) is 0.405. The van der Waals surface area contributed by atoms with Gasteiger partial charge in [-0.1, -0.05) is 11.6 Å². The van der Waals surface area contributed by atoms with Crippen molar-refractivity contribution in [2.45, 2.75) is 26.0 Å². The molecular formula is C26H27ClN2O4. The van der Waals surface area contributed by atoms with Crippen molar-refractivity contribution >= 4 is 28.9 Å². The van der Waals surface area contributed by atoms with Crippen LogP contribution in [0.15, 0.2) is 72.8 Å². The maximum atomic E-state index is 13.1. The summed E-state index contributed by atoms with van der Waals surface area (Å²) < 4.78 is 17.1. The Morgan fingerprint density at radius 2 is 1.36 bits per heavy atom. The average molecular weight is 467 g/mol. The minimum atomic E-state index is -0.604. The zero-order chi connectivity index (χ0) is 23.2. The molecule has 6 nitrogen and oxygen atoms in total. The molecule has 33 heavy (non-hydrogen) atoms. The number of rotatable bonds is 10. The first kappa shape index (κ1) is 22.8. The van der Waals surface area contributed by atoms with E-state index < -0.39 is 6.10 Å². The average Bonchev–Trinajstić information content (AvgIpc) is 2.83. The molecule has 2 atom stereocenters. The summed E-state index contributed by atoms with van der Waals surface area (Å²) in [6.45, 7) is 5.63. The van der Waals surface area contributed by atoms with Gasteiger partial charge in [-0.3, -0.25) is 9.69 Å². The van der Waals surface area contributed by atoms with E-state index in [1.165, 1.54) is 0 Å². The van der Waals surface area contributed by atoms with Crippen LogP contribution in [-0.2, 0) is 4.79 Å². The van der Waals surface area contributed by atoms with E-state index in [1.54, 1.807) is 29.2 Å². The maximum Gasteiger partial charge on any atom is 0.270 e. The summed E-state index contributed by atoms with van der Waals surface area (Å²) in [7, 11) is 0. The predicted octanol–water partition coefficient (Wildman–Crippen LogP) is 5.41. The lowest BCUT2D eigenvalue weighted by atomic mass is 9.96. The van der Waals surface area contributed by atoms with Crippen LogP contribution in [-0.4, -0.2) is 37.8 Å². The number of carbonyl (C=O) groups is 1. The van der Waals surface area contributed by atoms with E-state index in [0.717, 1.165) is 22.9 Å². The van der Waals surface area contributed by atoms with Gasteiger partial charge in [0.2, 0.25) is 0 Å². The van der Waals surface area contributed by atoms with Crippen molar-refractivity contribution in [2.75, 3.05) is 30.0 Å². The van der Waals surface area contributed by atoms with Crippen molar-refractivity contribution in [2.24, 2.45) is 0 Å². The summed E-state index contributed by atoms with van der Waals surface area (Å²) in [4.78, 5) is 14.8. The topological polar surface area (TPSA) is 60.0 Å². The molecule has 0 aliphatic carbocycles. The van der Waals surface area contributed by atoms with Gasteiger partial charge in [-0.2, -0.15) is 0 Å². The Labute approximate surface area is 199 Å². The number of nitrogens with zero attached hydrogens (tertiary/aromatic N) is 1. The second kappa shape index (κ2) is 10.5. The van der Waals surface area contributed by atoms with Gasteiger partial charge in [0.05, 0.1) is 13.2 Å². The van der Waals surface area contributed by atoms with Crippen LogP contribution in [0.3, 0.4) is 0 Å². The highest BCUT2D eigenvalue weighted by molar-refractivity contribution is 6.30. The first-order valence-corrected chi connectivity index (χ1v) is 11.4. The highest BCUT2D eigenvalue weighted by Crippen LogP contribution is 2.33. The van der Waals surface area contributed by atoms with Crippen LogP contribution < -0.4 is 24.4 Å². The summed E-state index contributed by atoms with van der Waals surface area (Å²) in [5, 5.41) is 4.04. The van der Waals surface area contributed by atoms with Gasteiger partial charge in [-0.15, -0.1) is 0 Å². The molecule has 0 bridgehead atoms. The van der Waals surface area contributed by atoms with Crippen molar-refractivity contribution in [1.82, 2.24) is 0 Å². The fourth-order valence-corrected chi connectivity index (χ4v) is 3.88. The Hall–Kier alpha value is -3.38. The molecule has 0 spiro atoms. The van der Waals surface area contributed by atoms with E-state index in [2.05, 4.69) is 5.32 Å². The maximum absolute atomic E-state index is 13.1. The zero-order valence-electron chi connectivity index (χ0n) is 18.7. The lowest BCUT2D eigenvalue weighted by Crippen LogP contribution is -2.69. The molecule has 1 fully saturated rings. The minimum absolute atomic E-state index is 0.0902. The Kier molecular flexibility index (Phi) is 7.25. The molecule has 3 aromatic rings. The third-order valence-electron chi connectivity index (χ3n) is 5.35. The molecule has 1 N–H and O–H groups in total. The number of benzene rings is 3. The molecular weight excluding hydrogens is 440 g/mol. The number of hydrogen-bond donors (Lipinski definition) is 1. The predicted molar refractivity (Wildman–Crippen MR) is 131 cm³/mol. The second-order valence-corrected chi connectivity index (χ2v) is 7.97. The molecule has 1 heterocycles. The van der Waals surface area contributed by atoms with Gasteiger partial charge < -0.3 is 19.5 Å². The summed E-state index contributed by atoms with van der Waals surface area (Å²) in [6.07, 6.45) is -0.604. The zero-order valence-corrected chi connectivity index (χ0v) is 19.4. The highest BCUT2D eigenvalue weighted by Gasteiger charge is 2.50. The number of amides is 1. The normalized spacial score (nSPS) is 17.3. The molecule has 1 aliphatic heterocycles. The van der Waals surface area contributed by atoms with E-state index >= 15 is 0 Å². The fourth-order valence-electron chi connectivity index (χ4n) is 3.75. The largest absolute Gasteiger partial charge is 0.494 e. The van der Waals surface area contributed by atoms with Crippen molar-refractivity contribution < 1.29 is 19.0 Å². The molecule has 1 saturated heterocycles. The van der Waals surface area contributed by atoms with Gasteiger partial charge in [0.1, 0.15) is 23.3 Å². The fraction of sp³-hybridized carbons (Fsp3) is 0.269. The van der Waals surface area contributed by atoms with E-state index in [9.17, 15) is 4.79 Å². The lowest BCUT2D eigenvalue weighted by molar-refractivity contribution is -0.134. The molecule has 0 unspecified atom stereocenters. The summed E-state index contributed by atoms with van der Waals surface area (Å²) in [5.41, 5.74) is 1.74. The van der Waals surface area contributed by atoms with Crippen LogP contribution in [0.5, 0.6) is 17.2 Å². The van der Waals surface area contributed by atoms with Gasteiger partial charge in [-0.05, 0) is 86.6 Å². The molecule has 7 heteroatoms. The number of halogens is 1. The first-order chi connectivity index (χ1) is 16.1. The third-order valence-corrected chi connectivity index (χ3v) is 5.60. The molecule has 0 radical (unpaired) electrons. The Morgan fingerprint density at radius 3 is 1.94 bits per heavy atom. The Bertz CT molecular complexity index is 1060. The van der Waals surface area contributed by atoms with E-state index in [0.29, 0.717) is 30.5 Å². The van der Waals surface area contributed by atoms with E-state index in [-0.39, 0.29) is 11.9 Å². The highest BCUT2D eigenvalue weighted by atomic mass is 35.5. The van der Waals surface area contributed by atoms with Crippen LogP contribution >= 0.6 is 11.6 Å². The van der Waals surface area contributed by atoms with Crippen molar-refractivity contribution in [1.29, 1.82) is 0 Å². The number of β-lactam (4-membered cyclic amide) rings is 1. The van der Waals surface area contributed by atoms with Crippen LogP contribution in [0.4, 0.5) is 11.4 Å². The van der Waals surface area contributed by atoms with Gasteiger partial charge in [0.15, 0.2) is 6.10 Å². The number of anilines is 2. The van der Waals surface area contributed by atoms with Crippen molar-refractivity contribution in [3.8, 4) is 17.2 Å². The van der Waals surface area contributed by atoms with E-state index in [1.807, 2.05) is 62.4 Å². The second-order valence-electron chi connectivity index (χ2n) is 7.53. The molecule has 1 amide bonds.